The zero-order valence-corrected chi connectivity index (χ0v) is 11.0. The van der Waals surface area contributed by atoms with Crippen LogP contribution in [0, 0.1) is 16.0 Å². The van der Waals surface area contributed by atoms with Crippen molar-refractivity contribution in [3.63, 3.8) is 0 Å². The van der Waals surface area contributed by atoms with E-state index in [0.717, 1.165) is 0 Å². The standard InChI is InChI=1S/C13H18N2O4/c1-3-11-13(16)8(2)6-12(19-11)9-4-5-14-7-10(9)15(17)18/h4-5,7-8,11-13,16H,3,6H2,1-2H3/t8-,11-,12-,13+/m1/s1. The quantitative estimate of drug-likeness (QED) is 0.669. The van der Waals surface area contributed by atoms with Crippen molar-refractivity contribution in [3.8, 4) is 0 Å². The Bertz CT molecular complexity index is 466. The summed E-state index contributed by atoms with van der Waals surface area (Å²) in [5.74, 6) is 0.0523. The number of rotatable bonds is 3. The molecule has 1 saturated heterocycles. The molecule has 0 unspecified atom stereocenters. The monoisotopic (exact) mass is 266 g/mol. The van der Waals surface area contributed by atoms with Gasteiger partial charge in [-0.25, -0.2) is 0 Å². The molecule has 1 aliphatic rings. The normalized spacial score (nSPS) is 31.1. The lowest BCUT2D eigenvalue weighted by Crippen LogP contribution is -2.40. The maximum Gasteiger partial charge on any atom is 0.293 e. The van der Waals surface area contributed by atoms with Gasteiger partial charge in [0, 0.05) is 6.20 Å². The Morgan fingerprint density at radius 3 is 3.00 bits per heavy atom. The Hall–Kier alpha value is -1.53. The van der Waals surface area contributed by atoms with E-state index in [4.69, 9.17) is 4.74 Å². The summed E-state index contributed by atoms with van der Waals surface area (Å²) in [7, 11) is 0. The molecule has 104 valence electrons. The van der Waals surface area contributed by atoms with Gasteiger partial charge in [0.1, 0.15) is 6.20 Å². The first-order valence-corrected chi connectivity index (χ1v) is 6.46. The predicted molar refractivity (Wildman–Crippen MR) is 68.6 cm³/mol. The number of aromatic nitrogens is 1. The molecule has 0 spiro atoms. The van der Waals surface area contributed by atoms with Crippen LogP contribution in [-0.4, -0.2) is 27.2 Å². The third-order valence-electron chi connectivity index (χ3n) is 3.67. The molecule has 6 heteroatoms. The van der Waals surface area contributed by atoms with Crippen molar-refractivity contribution >= 4 is 5.69 Å². The van der Waals surface area contributed by atoms with Crippen molar-refractivity contribution in [3.05, 3.63) is 34.1 Å². The molecule has 0 radical (unpaired) electrons. The van der Waals surface area contributed by atoms with E-state index in [1.165, 1.54) is 12.4 Å². The topological polar surface area (TPSA) is 85.5 Å². The van der Waals surface area contributed by atoms with Gasteiger partial charge < -0.3 is 9.84 Å². The second-order valence-corrected chi connectivity index (χ2v) is 4.97. The Labute approximate surface area is 111 Å². The van der Waals surface area contributed by atoms with E-state index >= 15 is 0 Å². The summed E-state index contributed by atoms with van der Waals surface area (Å²) in [5.41, 5.74) is 0.517. The van der Waals surface area contributed by atoms with Crippen LogP contribution in [0.3, 0.4) is 0 Å². The van der Waals surface area contributed by atoms with Gasteiger partial charge >= 0.3 is 0 Å². The van der Waals surface area contributed by atoms with E-state index in [-0.39, 0.29) is 23.8 Å². The summed E-state index contributed by atoms with van der Waals surface area (Å²) in [6.07, 6.45) is 2.89. The van der Waals surface area contributed by atoms with E-state index in [9.17, 15) is 15.2 Å². The molecule has 0 amide bonds. The van der Waals surface area contributed by atoms with Gasteiger partial charge in [-0.3, -0.25) is 15.1 Å². The van der Waals surface area contributed by atoms with Crippen molar-refractivity contribution in [2.45, 2.75) is 45.0 Å². The number of aliphatic hydroxyl groups is 1. The summed E-state index contributed by atoms with van der Waals surface area (Å²) in [6.45, 7) is 3.87. The van der Waals surface area contributed by atoms with Crippen LogP contribution >= 0.6 is 0 Å². The molecule has 1 fully saturated rings. The van der Waals surface area contributed by atoms with Crippen molar-refractivity contribution in [2.75, 3.05) is 0 Å². The van der Waals surface area contributed by atoms with Crippen molar-refractivity contribution in [2.24, 2.45) is 5.92 Å². The first-order chi connectivity index (χ1) is 9.04. The van der Waals surface area contributed by atoms with Gasteiger partial charge in [0.25, 0.3) is 5.69 Å². The van der Waals surface area contributed by atoms with Crippen LogP contribution in [0.25, 0.3) is 0 Å². The molecule has 0 aliphatic carbocycles. The largest absolute Gasteiger partial charge is 0.390 e. The zero-order valence-electron chi connectivity index (χ0n) is 11.0. The molecule has 4 atom stereocenters. The molecule has 1 aromatic heterocycles. The van der Waals surface area contributed by atoms with Crippen LogP contribution in [0.2, 0.25) is 0 Å². The van der Waals surface area contributed by atoms with Gasteiger partial charge in [-0.2, -0.15) is 0 Å². The summed E-state index contributed by atoms with van der Waals surface area (Å²) >= 11 is 0. The van der Waals surface area contributed by atoms with E-state index < -0.39 is 11.0 Å². The third-order valence-corrected chi connectivity index (χ3v) is 3.67. The van der Waals surface area contributed by atoms with Gasteiger partial charge in [-0.1, -0.05) is 13.8 Å². The molecule has 1 aromatic rings. The molecule has 0 aromatic carbocycles. The second-order valence-electron chi connectivity index (χ2n) is 4.97. The zero-order chi connectivity index (χ0) is 14.0. The number of hydrogen-bond donors (Lipinski definition) is 1. The van der Waals surface area contributed by atoms with Crippen LogP contribution in [0.4, 0.5) is 5.69 Å². The lowest BCUT2D eigenvalue weighted by Gasteiger charge is -2.37. The fourth-order valence-corrected chi connectivity index (χ4v) is 2.55. The molecule has 2 rings (SSSR count). The molecule has 6 nitrogen and oxygen atoms in total. The summed E-state index contributed by atoms with van der Waals surface area (Å²) < 4.78 is 5.81. The SMILES string of the molecule is CC[C@H]1O[C@@H](c2ccncc2[N+](=O)[O-])C[C@@H](C)[C@@H]1O. The highest BCUT2D eigenvalue weighted by Crippen LogP contribution is 2.38. The molecule has 1 aliphatic heterocycles. The lowest BCUT2D eigenvalue weighted by molar-refractivity contribution is -0.386. The minimum Gasteiger partial charge on any atom is -0.390 e. The van der Waals surface area contributed by atoms with Crippen LogP contribution in [0.5, 0.6) is 0 Å². The Morgan fingerprint density at radius 1 is 1.63 bits per heavy atom. The van der Waals surface area contributed by atoms with Gasteiger partial charge in [-0.15, -0.1) is 0 Å². The summed E-state index contributed by atoms with van der Waals surface area (Å²) in [5, 5.41) is 21.0. The Morgan fingerprint density at radius 2 is 2.37 bits per heavy atom. The van der Waals surface area contributed by atoms with Crippen molar-refractivity contribution in [1.29, 1.82) is 0 Å². The lowest BCUT2D eigenvalue weighted by atomic mass is 9.87. The molecule has 0 bridgehead atoms. The summed E-state index contributed by atoms with van der Waals surface area (Å²) in [6, 6.07) is 1.62. The van der Waals surface area contributed by atoms with Gasteiger partial charge in [-0.05, 0) is 24.8 Å². The van der Waals surface area contributed by atoms with Crippen LogP contribution in [-0.2, 0) is 4.74 Å². The third kappa shape index (κ3) is 2.74. The van der Waals surface area contributed by atoms with Crippen molar-refractivity contribution < 1.29 is 14.8 Å². The van der Waals surface area contributed by atoms with Crippen molar-refractivity contribution in [1.82, 2.24) is 4.98 Å². The number of pyridine rings is 1. The average Bonchev–Trinajstić information content (AvgIpc) is 2.41. The first kappa shape index (κ1) is 13.9. The fourth-order valence-electron chi connectivity index (χ4n) is 2.55. The highest BCUT2D eigenvalue weighted by Gasteiger charge is 2.37. The maximum atomic E-state index is 11.0. The average molecular weight is 266 g/mol. The Kier molecular flexibility index (Phi) is 4.11. The van der Waals surface area contributed by atoms with Gasteiger partial charge in [0.2, 0.25) is 0 Å². The highest BCUT2D eigenvalue weighted by molar-refractivity contribution is 5.38. The minimum absolute atomic E-state index is 0.0223. The Balaban J connectivity index is 2.29. The van der Waals surface area contributed by atoms with Crippen LogP contribution in [0.15, 0.2) is 18.5 Å². The number of hydrogen-bond acceptors (Lipinski definition) is 5. The predicted octanol–water partition coefficient (Wildman–Crippen LogP) is 2.23. The van der Waals surface area contributed by atoms with Gasteiger partial charge in [0.15, 0.2) is 0 Å². The molecule has 19 heavy (non-hydrogen) atoms. The maximum absolute atomic E-state index is 11.0. The molecular formula is C13H18N2O4. The van der Waals surface area contributed by atoms with E-state index in [1.807, 2.05) is 13.8 Å². The summed E-state index contributed by atoms with van der Waals surface area (Å²) in [4.78, 5) is 14.4. The van der Waals surface area contributed by atoms with Crippen LogP contribution < -0.4 is 0 Å². The van der Waals surface area contributed by atoms with Crippen LogP contribution in [0.1, 0.15) is 38.4 Å². The van der Waals surface area contributed by atoms with Gasteiger partial charge in [0.05, 0.1) is 28.8 Å². The van der Waals surface area contributed by atoms with E-state index in [2.05, 4.69) is 4.98 Å². The minimum atomic E-state index is -0.512. The number of nitro groups is 1. The molecule has 0 saturated carbocycles. The highest BCUT2D eigenvalue weighted by atomic mass is 16.6. The first-order valence-electron chi connectivity index (χ1n) is 6.46. The smallest absolute Gasteiger partial charge is 0.293 e. The number of nitrogens with zero attached hydrogens (tertiary/aromatic N) is 2. The van der Waals surface area contributed by atoms with E-state index in [1.54, 1.807) is 6.07 Å². The molecule has 2 heterocycles. The number of ether oxygens (including phenoxy) is 1. The fraction of sp³-hybridized carbons (Fsp3) is 0.615. The second kappa shape index (κ2) is 5.63. The molecular weight excluding hydrogens is 248 g/mol. The van der Waals surface area contributed by atoms with E-state index in [0.29, 0.717) is 18.4 Å². The molecule has 1 N–H and O–H groups in total. The number of aliphatic hydroxyl groups excluding tert-OH is 1.